The van der Waals surface area contributed by atoms with Gasteiger partial charge in [-0.25, -0.2) is 8.42 Å². The summed E-state index contributed by atoms with van der Waals surface area (Å²) in [5.41, 5.74) is 0.425. The fourth-order valence-electron chi connectivity index (χ4n) is 1.29. The Hall–Kier alpha value is -0.780. The van der Waals surface area contributed by atoms with Crippen molar-refractivity contribution < 1.29 is 18.3 Å². The Labute approximate surface area is 106 Å². The van der Waals surface area contributed by atoms with E-state index in [9.17, 15) is 13.5 Å². The van der Waals surface area contributed by atoms with E-state index < -0.39 is 20.1 Å². The molecule has 4 nitrogen and oxygen atoms in total. The van der Waals surface area contributed by atoms with Crippen LogP contribution in [0.4, 0.5) is 0 Å². The molecule has 0 spiro atoms. The van der Waals surface area contributed by atoms with Gasteiger partial charge in [-0.05, 0) is 24.6 Å². The van der Waals surface area contributed by atoms with Gasteiger partial charge in [-0.1, -0.05) is 23.7 Å². The number of alkyl halides is 1. The van der Waals surface area contributed by atoms with E-state index in [0.717, 1.165) is 6.26 Å². The van der Waals surface area contributed by atoms with E-state index in [4.69, 9.17) is 16.3 Å². The minimum Gasteiger partial charge on any atom is -0.497 e. The number of aliphatic hydroxyl groups is 1. The Bertz CT molecular complexity index is 479. The van der Waals surface area contributed by atoms with Crippen molar-refractivity contribution in [1.82, 2.24) is 0 Å². The Morgan fingerprint density at radius 3 is 2.18 bits per heavy atom. The molecule has 0 aliphatic carbocycles. The fourth-order valence-corrected chi connectivity index (χ4v) is 1.95. The summed E-state index contributed by atoms with van der Waals surface area (Å²) < 4.78 is 26.2. The van der Waals surface area contributed by atoms with Crippen LogP contribution in [-0.2, 0) is 9.84 Å². The van der Waals surface area contributed by atoms with E-state index in [0.29, 0.717) is 11.3 Å². The van der Waals surface area contributed by atoms with Gasteiger partial charge in [0.25, 0.3) is 0 Å². The molecule has 2 atom stereocenters. The standard InChI is InChI=1S/C11H15ClO4S/c1-11(12,17(3,14)15)10(13)8-4-6-9(16-2)7-5-8/h4-7,10,13H,1-3H3/t10-,11+/m1/s1. The number of aliphatic hydroxyl groups excluding tert-OH is 1. The van der Waals surface area contributed by atoms with Crippen molar-refractivity contribution in [2.24, 2.45) is 0 Å². The van der Waals surface area contributed by atoms with Gasteiger partial charge in [-0.15, -0.1) is 0 Å². The van der Waals surface area contributed by atoms with Crippen molar-refractivity contribution >= 4 is 21.4 Å². The molecular weight excluding hydrogens is 264 g/mol. The van der Waals surface area contributed by atoms with Gasteiger partial charge in [-0.2, -0.15) is 0 Å². The highest BCUT2D eigenvalue weighted by atomic mass is 35.5. The molecular formula is C11H15ClO4S. The molecule has 0 heterocycles. The predicted molar refractivity (Wildman–Crippen MR) is 67.1 cm³/mol. The lowest BCUT2D eigenvalue weighted by Crippen LogP contribution is -2.35. The van der Waals surface area contributed by atoms with Crippen LogP contribution in [0.25, 0.3) is 0 Å². The highest BCUT2D eigenvalue weighted by Crippen LogP contribution is 2.36. The highest BCUT2D eigenvalue weighted by molar-refractivity contribution is 7.93. The van der Waals surface area contributed by atoms with Crippen LogP contribution in [0.3, 0.4) is 0 Å². The molecule has 1 aromatic carbocycles. The molecule has 0 unspecified atom stereocenters. The van der Waals surface area contributed by atoms with Gasteiger partial charge < -0.3 is 9.84 Å². The van der Waals surface area contributed by atoms with Gasteiger partial charge in [0.15, 0.2) is 14.0 Å². The Morgan fingerprint density at radius 1 is 1.35 bits per heavy atom. The zero-order valence-corrected chi connectivity index (χ0v) is 11.4. The summed E-state index contributed by atoms with van der Waals surface area (Å²) in [6, 6.07) is 6.42. The third-order valence-corrected chi connectivity index (χ3v) is 5.37. The first-order valence-corrected chi connectivity index (χ1v) is 7.17. The second kappa shape index (κ2) is 4.84. The molecule has 1 rings (SSSR count). The van der Waals surface area contributed by atoms with Crippen molar-refractivity contribution in [2.45, 2.75) is 17.2 Å². The summed E-state index contributed by atoms with van der Waals surface area (Å²) in [4.78, 5) is 0. The first-order chi connectivity index (χ1) is 7.70. The van der Waals surface area contributed by atoms with Crippen LogP contribution in [0.15, 0.2) is 24.3 Å². The molecule has 0 amide bonds. The topological polar surface area (TPSA) is 63.6 Å². The second-order valence-corrected chi connectivity index (χ2v) is 7.34. The molecule has 0 fully saturated rings. The molecule has 0 radical (unpaired) electrons. The molecule has 0 aliphatic rings. The van der Waals surface area contributed by atoms with Crippen LogP contribution in [0.1, 0.15) is 18.6 Å². The fraction of sp³-hybridized carbons (Fsp3) is 0.455. The van der Waals surface area contributed by atoms with Crippen molar-refractivity contribution in [2.75, 3.05) is 13.4 Å². The van der Waals surface area contributed by atoms with Crippen LogP contribution in [0.5, 0.6) is 5.75 Å². The molecule has 1 N–H and O–H groups in total. The van der Waals surface area contributed by atoms with E-state index >= 15 is 0 Å². The monoisotopic (exact) mass is 278 g/mol. The zero-order chi connectivity index (χ0) is 13.3. The van der Waals surface area contributed by atoms with E-state index in [1.54, 1.807) is 24.3 Å². The highest BCUT2D eigenvalue weighted by Gasteiger charge is 2.41. The third-order valence-electron chi connectivity index (χ3n) is 2.64. The van der Waals surface area contributed by atoms with Crippen LogP contribution in [0, 0.1) is 0 Å². The Kier molecular flexibility index (Phi) is 4.06. The lowest BCUT2D eigenvalue weighted by molar-refractivity contribution is 0.163. The summed E-state index contributed by atoms with van der Waals surface area (Å²) in [6.45, 7) is 1.28. The van der Waals surface area contributed by atoms with Crippen molar-refractivity contribution in [3.05, 3.63) is 29.8 Å². The minimum atomic E-state index is -3.58. The van der Waals surface area contributed by atoms with Gasteiger partial charge in [0.1, 0.15) is 11.9 Å². The van der Waals surface area contributed by atoms with Crippen molar-refractivity contribution in [3.63, 3.8) is 0 Å². The van der Waals surface area contributed by atoms with Crippen LogP contribution < -0.4 is 4.74 Å². The quantitative estimate of drug-likeness (QED) is 0.852. The van der Waals surface area contributed by atoms with E-state index in [-0.39, 0.29) is 0 Å². The molecule has 0 saturated carbocycles. The maximum atomic E-state index is 11.5. The summed E-state index contributed by atoms with van der Waals surface area (Å²) in [5, 5.41) is 10.00. The number of ether oxygens (including phenoxy) is 1. The number of hydrogen-bond acceptors (Lipinski definition) is 4. The molecule has 17 heavy (non-hydrogen) atoms. The van der Waals surface area contributed by atoms with Gasteiger partial charge in [0.2, 0.25) is 0 Å². The van der Waals surface area contributed by atoms with Crippen LogP contribution in [0.2, 0.25) is 0 Å². The number of hydrogen-bond donors (Lipinski definition) is 1. The van der Waals surface area contributed by atoms with Gasteiger partial charge in [0.05, 0.1) is 7.11 Å². The maximum absolute atomic E-state index is 11.5. The molecule has 0 bridgehead atoms. The molecule has 1 aromatic rings. The molecule has 96 valence electrons. The smallest absolute Gasteiger partial charge is 0.172 e. The zero-order valence-electron chi connectivity index (χ0n) is 9.84. The largest absolute Gasteiger partial charge is 0.497 e. The average Bonchev–Trinajstić information content (AvgIpc) is 2.26. The number of rotatable bonds is 4. The molecule has 0 aromatic heterocycles. The first-order valence-electron chi connectivity index (χ1n) is 4.90. The van der Waals surface area contributed by atoms with Crippen molar-refractivity contribution in [3.8, 4) is 5.75 Å². The predicted octanol–water partition coefficient (Wildman–Crippen LogP) is 1.73. The molecule has 6 heteroatoms. The van der Waals surface area contributed by atoms with Crippen LogP contribution in [-0.4, -0.2) is 31.1 Å². The molecule has 0 aliphatic heterocycles. The minimum absolute atomic E-state index is 0.425. The van der Waals surface area contributed by atoms with E-state index in [1.165, 1.54) is 14.0 Å². The summed E-state index contributed by atoms with van der Waals surface area (Å²) in [5.74, 6) is 0.622. The molecule has 0 saturated heterocycles. The number of halogens is 1. The summed E-state index contributed by atoms with van der Waals surface area (Å²) in [6.07, 6.45) is -0.308. The van der Waals surface area contributed by atoms with Gasteiger partial charge in [-0.3, -0.25) is 0 Å². The van der Waals surface area contributed by atoms with Gasteiger partial charge in [0, 0.05) is 6.26 Å². The Morgan fingerprint density at radius 2 is 1.82 bits per heavy atom. The van der Waals surface area contributed by atoms with Gasteiger partial charge >= 0.3 is 0 Å². The number of benzene rings is 1. The number of sulfone groups is 1. The first kappa shape index (κ1) is 14.3. The lowest BCUT2D eigenvalue weighted by atomic mass is 10.1. The maximum Gasteiger partial charge on any atom is 0.172 e. The average molecular weight is 279 g/mol. The van der Waals surface area contributed by atoms with E-state index in [1.807, 2.05) is 0 Å². The van der Waals surface area contributed by atoms with Crippen LogP contribution >= 0.6 is 11.6 Å². The SMILES string of the molecule is COc1ccc([C@@H](O)[C@@](C)(Cl)S(C)(=O)=O)cc1. The normalized spacial score (nSPS) is 17.2. The summed E-state index contributed by atoms with van der Waals surface area (Å²) in [7, 11) is -2.06. The second-order valence-electron chi connectivity index (χ2n) is 3.93. The Balaban J connectivity index is 3.08. The lowest BCUT2D eigenvalue weighted by Gasteiger charge is -2.26. The van der Waals surface area contributed by atoms with Crippen molar-refractivity contribution in [1.29, 1.82) is 0 Å². The third kappa shape index (κ3) is 2.91. The summed E-state index contributed by atoms with van der Waals surface area (Å²) >= 11 is 5.90. The number of methoxy groups -OCH3 is 1. The van der Waals surface area contributed by atoms with E-state index in [2.05, 4.69) is 0 Å².